The third-order valence-corrected chi connectivity index (χ3v) is 5.37. The second-order valence-corrected chi connectivity index (χ2v) is 8.14. The van der Waals surface area contributed by atoms with Gasteiger partial charge in [-0.15, -0.1) is 0 Å². The minimum absolute atomic E-state index is 0.0253. The van der Waals surface area contributed by atoms with Crippen LogP contribution in [-0.2, 0) is 15.9 Å². The summed E-state index contributed by atoms with van der Waals surface area (Å²) in [5, 5.41) is 1.47. The van der Waals surface area contributed by atoms with Crippen LogP contribution in [0.3, 0.4) is 0 Å². The van der Waals surface area contributed by atoms with Gasteiger partial charge in [-0.25, -0.2) is 0 Å². The molecule has 2 aromatic carbocycles. The van der Waals surface area contributed by atoms with Crippen LogP contribution in [0.25, 0.3) is 0 Å². The summed E-state index contributed by atoms with van der Waals surface area (Å²) in [6.07, 6.45) is 4.36. The Morgan fingerprint density at radius 2 is 1.86 bits per heavy atom. The van der Waals surface area contributed by atoms with Gasteiger partial charge in [0.05, 0.1) is 12.2 Å². The van der Waals surface area contributed by atoms with Gasteiger partial charge in [0, 0.05) is 10.0 Å². The monoisotopic (exact) mass is 421 g/mol. The van der Waals surface area contributed by atoms with Gasteiger partial charge in [-0.1, -0.05) is 35.3 Å². The van der Waals surface area contributed by atoms with Crippen LogP contribution in [-0.4, -0.2) is 25.1 Å². The molecule has 0 saturated carbocycles. The molecule has 2 aromatic rings. The van der Waals surface area contributed by atoms with Crippen molar-refractivity contribution in [2.45, 2.75) is 57.5 Å². The predicted molar refractivity (Wildman–Crippen MR) is 114 cm³/mol. The lowest BCUT2D eigenvalue weighted by Crippen LogP contribution is -2.35. The summed E-state index contributed by atoms with van der Waals surface area (Å²) in [6.45, 7) is 6.63. The van der Waals surface area contributed by atoms with E-state index in [0.717, 1.165) is 48.4 Å². The quantitative estimate of drug-likeness (QED) is 0.491. The minimum atomic E-state index is -0.221. The first kappa shape index (κ1) is 21.4. The highest BCUT2D eigenvalue weighted by Gasteiger charge is 2.25. The highest BCUT2D eigenvalue weighted by Crippen LogP contribution is 2.25. The molecule has 1 aliphatic rings. The Morgan fingerprint density at radius 3 is 2.61 bits per heavy atom. The average molecular weight is 422 g/mol. The molecule has 0 aromatic heterocycles. The van der Waals surface area contributed by atoms with Crippen LogP contribution in [0.5, 0.6) is 5.75 Å². The summed E-state index contributed by atoms with van der Waals surface area (Å²) in [5.74, 6) is 0.842. The lowest BCUT2D eigenvalue weighted by Gasteiger charge is -2.31. The summed E-state index contributed by atoms with van der Waals surface area (Å²) in [7, 11) is 0. The lowest BCUT2D eigenvalue weighted by atomic mass is 10.1. The zero-order valence-corrected chi connectivity index (χ0v) is 17.7. The molecule has 1 saturated heterocycles. The first-order chi connectivity index (χ1) is 13.5. The van der Waals surface area contributed by atoms with Crippen LogP contribution in [0.15, 0.2) is 42.5 Å². The molecule has 1 aliphatic heterocycles. The van der Waals surface area contributed by atoms with Crippen molar-refractivity contribution in [1.82, 2.24) is 0 Å². The molecule has 3 atom stereocenters. The molecule has 0 amide bonds. The molecule has 0 spiro atoms. The third kappa shape index (κ3) is 6.66. The van der Waals surface area contributed by atoms with E-state index >= 15 is 0 Å². The van der Waals surface area contributed by atoms with Crippen LogP contribution in [0.2, 0.25) is 10.0 Å². The van der Waals surface area contributed by atoms with Gasteiger partial charge >= 0.3 is 0 Å². The van der Waals surface area contributed by atoms with Crippen LogP contribution >= 0.6 is 23.2 Å². The number of hydrogen-bond acceptors (Lipinski definition) is 3. The number of hydrogen-bond donors (Lipinski definition) is 0. The standard InChI is InChI=1S/C23H27Cl2O3/c1-16-14-20(25)12-13-22(16)26-15-21-4-3-5-23(28-21)27-17(2)6-7-18-8-10-19(24)11-9-18/h8-14,17,21,23H,2-7,15H2,1H3. The van der Waals surface area contributed by atoms with Gasteiger partial charge in [0.1, 0.15) is 12.4 Å². The lowest BCUT2D eigenvalue weighted by molar-refractivity contribution is -0.212. The Morgan fingerprint density at radius 1 is 1.11 bits per heavy atom. The zero-order chi connectivity index (χ0) is 19.9. The largest absolute Gasteiger partial charge is 0.491 e. The maximum Gasteiger partial charge on any atom is 0.158 e. The molecular formula is C23H27Cl2O3. The van der Waals surface area contributed by atoms with E-state index in [9.17, 15) is 0 Å². The molecule has 3 nitrogen and oxygen atoms in total. The summed E-state index contributed by atoms with van der Waals surface area (Å²) in [6, 6.07) is 13.5. The molecule has 3 unspecified atom stereocenters. The van der Waals surface area contributed by atoms with Crippen molar-refractivity contribution in [3.8, 4) is 5.75 Å². The topological polar surface area (TPSA) is 27.7 Å². The van der Waals surface area contributed by atoms with Crippen molar-refractivity contribution < 1.29 is 14.2 Å². The van der Waals surface area contributed by atoms with E-state index < -0.39 is 0 Å². The van der Waals surface area contributed by atoms with Crippen molar-refractivity contribution in [3.63, 3.8) is 0 Å². The van der Waals surface area contributed by atoms with Crippen molar-refractivity contribution in [2.75, 3.05) is 6.61 Å². The summed E-state index contributed by atoms with van der Waals surface area (Å²) in [5.41, 5.74) is 2.26. The Labute approximate surface area is 177 Å². The molecule has 0 aliphatic carbocycles. The highest BCUT2D eigenvalue weighted by molar-refractivity contribution is 6.30. The van der Waals surface area contributed by atoms with Crippen molar-refractivity contribution in [3.05, 3.63) is 70.6 Å². The normalized spacial score (nSPS) is 20.7. The number of rotatable bonds is 8. The van der Waals surface area contributed by atoms with Crippen LogP contribution in [0.1, 0.15) is 36.8 Å². The Hall–Kier alpha value is -1.26. The van der Waals surface area contributed by atoms with Crippen molar-refractivity contribution in [1.29, 1.82) is 0 Å². The number of aryl methyl sites for hydroxylation is 2. The fourth-order valence-electron chi connectivity index (χ4n) is 3.30. The molecule has 1 fully saturated rings. The van der Waals surface area contributed by atoms with Crippen LogP contribution in [0, 0.1) is 13.8 Å². The third-order valence-electron chi connectivity index (χ3n) is 4.88. The van der Waals surface area contributed by atoms with E-state index in [1.54, 1.807) is 0 Å². The zero-order valence-electron chi connectivity index (χ0n) is 16.2. The van der Waals surface area contributed by atoms with Crippen LogP contribution < -0.4 is 4.74 Å². The minimum Gasteiger partial charge on any atom is -0.491 e. The predicted octanol–water partition coefficient (Wildman–Crippen LogP) is 6.43. The van der Waals surface area contributed by atoms with Gasteiger partial charge < -0.3 is 14.2 Å². The van der Waals surface area contributed by atoms with Gasteiger partial charge in [0.2, 0.25) is 0 Å². The Balaban J connectivity index is 1.41. The summed E-state index contributed by atoms with van der Waals surface area (Å²) >= 11 is 11.9. The second-order valence-electron chi connectivity index (χ2n) is 7.26. The molecule has 5 heteroatoms. The maximum atomic E-state index is 6.08. The fourth-order valence-corrected chi connectivity index (χ4v) is 3.66. The van der Waals surface area contributed by atoms with E-state index in [1.807, 2.05) is 49.4 Å². The van der Waals surface area contributed by atoms with Crippen molar-refractivity contribution >= 4 is 23.2 Å². The molecule has 1 heterocycles. The molecule has 28 heavy (non-hydrogen) atoms. The highest BCUT2D eigenvalue weighted by atomic mass is 35.5. The summed E-state index contributed by atoms with van der Waals surface area (Å²) < 4.78 is 18.0. The molecule has 0 N–H and O–H groups in total. The van der Waals surface area contributed by atoms with Gasteiger partial charge in [-0.05, 0) is 87.4 Å². The second kappa shape index (κ2) is 10.5. The molecule has 1 radical (unpaired) electrons. The Bertz CT molecular complexity index is 748. The molecular weight excluding hydrogens is 395 g/mol. The van der Waals surface area contributed by atoms with Gasteiger partial charge in [0.15, 0.2) is 6.29 Å². The van der Waals surface area contributed by atoms with E-state index in [1.165, 1.54) is 5.56 Å². The molecule has 0 bridgehead atoms. The van der Waals surface area contributed by atoms with Crippen LogP contribution in [0.4, 0.5) is 0 Å². The van der Waals surface area contributed by atoms with E-state index in [2.05, 4.69) is 6.92 Å². The smallest absolute Gasteiger partial charge is 0.158 e. The van der Waals surface area contributed by atoms with Gasteiger partial charge in [0.25, 0.3) is 0 Å². The number of halogens is 2. The first-order valence-corrected chi connectivity index (χ1v) is 10.5. The van der Waals surface area contributed by atoms with Gasteiger partial charge in [-0.3, -0.25) is 0 Å². The van der Waals surface area contributed by atoms with Gasteiger partial charge in [-0.2, -0.15) is 0 Å². The van der Waals surface area contributed by atoms with E-state index in [-0.39, 0.29) is 18.5 Å². The first-order valence-electron chi connectivity index (χ1n) is 9.77. The average Bonchev–Trinajstić information content (AvgIpc) is 2.67. The maximum absolute atomic E-state index is 6.08. The Kier molecular flexibility index (Phi) is 8.04. The molecule has 151 valence electrons. The SMILES string of the molecule is [CH2]C(CCc1ccc(Cl)cc1)OC1CCCC(COc2ccc(Cl)cc2C)O1. The number of ether oxygens (including phenoxy) is 3. The molecule has 3 rings (SSSR count). The summed E-state index contributed by atoms with van der Waals surface area (Å²) in [4.78, 5) is 0. The fraction of sp³-hybridized carbons (Fsp3) is 0.435. The number of benzene rings is 2. The van der Waals surface area contributed by atoms with E-state index in [4.69, 9.17) is 37.4 Å². The van der Waals surface area contributed by atoms with Crippen molar-refractivity contribution in [2.24, 2.45) is 0 Å². The van der Waals surface area contributed by atoms with E-state index in [0.29, 0.717) is 11.6 Å².